The number of amides is 1. The van der Waals surface area contributed by atoms with Crippen molar-refractivity contribution in [3.05, 3.63) is 0 Å². The predicted octanol–water partition coefficient (Wildman–Crippen LogP) is 2.88. The van der Waals surface area contributed by atoms with E-state index < -0.39 is 0 Å². The van der Waals surface area contributed by atoms with E-state index in [1.54, 1.807) is 0 Å². The highest BCUT2D eigenvalue weighted by molar-refractivity contribution is 5.78. The Morgan fingerprint density at radius 3 is 2.45 bits per heavy atom. The zero-order valence-corrected chi connectivity index (χ0v) is 13.7. The Labute approximate surface area is 134 Å². The molecule has 1 heterocycles. The topological polar surface area (TPSA) is 49.8 Å². The second kappa shape index (κ2) is 7.78. The summed E-state index contributed by atoms with van der Waals surface area (Å²) in [5.74, 6) is 0.431. The Balaban J connectivity index is 1.51. The van der Waals surface area contributed by atoms with Crippen molar-refractivity contribution in [2.75, 3.05) is 13.2 Å². The highest BCUT2D eigenvalue weighted by Gasteiger charge is 2.38. The smallest absolute Gasteiger partial charge is 0.248 e. The van der Waals surface area contributed by atoms with E-state index in [-0.39, 0.29) is 30.6 Å². The molecule has 1 aliphatic heterocycles. The fourth-order valence-corrected chi connectivity index (χ4v) is 4.64. The third-order valence-corrected chi connectivity index (χ3v) is 5.89. The minimum atomic E-state index is -0.216. The largest absolute Gasteiger partial charge is 0.393 e. The van der Waals surface area contributed by atoms with E-state index >= 15 is 0 Å². The summed E-state index contributed by atoms with van der Waals surface area (Å²) in [6.45, 7) is 1.09. The minimum absolute atomic E-state index is 0.144. The molecule has 2 aliphatic carbocycles. The summed E-state index contributed by atoms with van der Waals surface area (Å²) in [7, 11) is 0. The van der Waals surface area contributed by atoms with Crippen molar-refractivity contribution in [1.29, 1.82) is 0 Å². The van der Waals surface area contributed by atoms with Gasteiger partial charge >= 0.3 is 0 Å². The Kier molecular flexibility index (Phi) is 5.75. The third-order valence-electron chi connectivity index (χ3n) is 5.89. The van der Waals surface area contributed by atoms with Crippen LogP contribution in [-0.4, -0.2) is 47.3 Å². The highest BCUT2D eigenvalue weighted by Crippen LogP contribution is 2.34. The third kappa shape index (κ3) is 3.83. The molecule has 0 spiro atoms. The number of rotatable bonds is 4. The molecule has 0 unspecified atom stereocenters. The van der Waals surface area contributed by atoms with Crippen molar-refractivity contribution < 1.29 is 14.6 Å². The van der Waals surface area contributed by atoms with Crippen LogP contribution in [0, 0.1) is 5.92 Å². The fraction of sp³-hybridized carbons (Fsp3) is 0.944. The molecular weight excluding hydrogens is 278 g/mol. The number of aliphatic hydroxyl groups is 1. The van der Waals surface area contributed by atoms with Crippen LogP contribution < -0.4 is 0 Å². The maximum absolute atomic E-state index is 12.6. The molecule has 3 fully saturated rings. The molecule has 0 bridgehead atoms. The average Bonchev–Trinajstić information content (AvgIpc) is 3.03. The molecule has 1 saturated heterocycles. The molecule has 3 atom stereocenters. The van der Waals surface area contributed by atoms with E-state index in [2.05, 4.69) is 0 Å². The van der Waals surface area contributed by atoms with Gasteiger partial charge in [0, 0.05) is 18.5 Å². The van der Waals surface area contributed by atoms with E-state index in [1.165, 1.54) is 25.7 Å². The van der Waals surface area contributed by atoms with E-state index in [9.17, 15) is 9.90 Å². The molecule has 0 radical (unpaired) electrons. The van der Waals surface area contributed by atoms with Gasteiger partial charge in [-0.05, 0) is 38.5 Å². The Morgan fingerprint density at radius 1 is 0.955 bits per heavy atom. The molecule has 3 aliphatic rings. The summed E-state index contributed by atoms with van der Waals surface area (Å²) in [4.78, 5) is 14.6. The molecule has 0 aromatic rings. The van der Waals surface area contributed by atoms with Crippen LogP contribution in [0.15, 0.2) is 0 Å². The number of nitrogens with zero attached hydrogens (tertiary/aromatic N) is 1. The molecule has 4 heteroatoms. The van der Waals surface area contributed by atoms with Crippen LogP contribution in [-0.2, 0) is 9.53 Å². The SMILES string of the molecule is O=C(COC1CCCCC1)N1CCC[C@@H]1[C@@H]1CCCC[C@H]1O. The van der Waals surface area contributed by atoms with Gasteiger partial charge in [-0.1, -0.05) is 32.1 Å². The van der Waals surface area contributed by atoms with E-state index in [1.807, 2.05) is 4.90 Å². The molecule has 1 N–H and O–H groups in total. The fourth-order valence-electron chi connectivity index (χ4n) is 4.64. The van der Waals surface area contributed by atoms with Gasteiger partial charge in [-0.15, -0.1) is 0 Å². The van der Waals surface area contributed by atoms with Crippen molar-refractivity contribution >= 4 is 5.91 Å². The quantitative estimate of drug-likeness (QED) is 0.869. The van der Waals surface area contributed by atoms with Crippen LogP contribution in [0.25, 0.3) is 0 Å². The van der Waals surface area contributed by atoms with Crippen LogP contribution in [0.5, 0.6) is 0 Å². The number of aliphatic hydroxyl groups excluding tert-OH is 1. The monoisotopic (exact) mass is 309 g/mol. The molecule has 126 valence electrons. The van der Waals surface area contributed by atoms with Crippen molar-refractivity contribution in [1.82, 2.24) is 4.90 Å². The van der Waals surface area contributed by atoms with Gasteiger partial charge in [-0.3, -0.25) is 4.79 Å². The van der Waals surface area contributed by atoms with Crippen molar-refractivity contribution in [3.8, 4) is 0 Å². The summed E-state index contributed by atoms with van der Waals surface area (Å²) in [6.07, 6.45) is 12.5. The average molecular weight is 309 g/mol. The van der Waals surface area contributed by atoms with Gasteiger partial charge in [-0.2, -0.15) is 0 Å². The lowest BCUT2D eigenvalue weighted by Gasteiger charge is -2.37. The second-order valence-corrected chi connectivity index (χ2v) is 7.38. The molecule has 2 saturated carbocycles. The molecule has 22 heavy (non-hydrogen) atoms. The standard InChI is InChI=1S/C18H31NO3/c20-17-11-5-4-9-15(17)16-10-6-12-19(16)18(21)13-22-14-7-2-1-3-8-14/h14-17,20H,1-13H2/t15-,16+,17+/m0/s1. The molecular formula is C18H31NO3. The van der Waals surface area contributed by atoms with Crippen LogP contribution >= 0.6 is 0 Å². The maximum Gasteiger partial charge on any atom is 0.248 e. The van der Waals surface area contributed by atoms with Gasteiger partial charge in [-0.25, -0.2) is 0 Å². The molecule has 0 aromatic heterocycles. The molecule has 1 amide bonds. The first-order valence-electron chi connectivity index (χ1n) is 9.35. The van der Waals surface area contributed by atoms with Gasteiger partial charge in [0.15, 0.2) is 0 Å². The number of carbonyl (C=O) groups is 1. The summed E-state index contributed by atoms with van der Waals surface area (Å²) in [5, 5.41) is 10.3. The first-order chi connectivity index (χ1) is 10.8. The summed E-state index contributed by atoms with van der Waals surface area (Å²) in [5.41, 5.74) is 0. The summed E-state index contributed by atoms with van der Waals surface area (Å²) < 4.78 is 5.87. The van der Waals surface area contributed by atoms with E-state index in [4.69, 9.17) is 4.74 Å². The minimum Gasteiger partial charge on any atom is -0.393 e. The normalized spacial score (nSPS) is 34.0. The van der Waals surface area contributed by atoms with Crippen LogP contribution in [0.3, 0.4) is 0 Å². The lowest BCUT2D eigenvalue weighted by Crippen LogP contribution is -2.46. The molecule has 0 aromatic carbocycles. The zero-order chi connectivity index (χ0) is 15.4. The number of carbonyl (C=O) groups excluding carboxylic acids is 1. The van der Waals surface area contributed by atoms with Gasteiger partial charge in [0.05, 0.1) is 12.2 Å². The number of likely N-dealkylation sites (tertiary alicyclic amines) is 1. The molecule has 4 nitrogen and oxygen atoms in total. The first-order valence-corrected chi connectivity index (χ1v) is 9.35. The first kappa shape index (κ1) is 16.3. The van der Waals surface area contributed by atoms with Crippen LogP contribution in [0.1, 0.15) is 70.6 Å². The van der Waals surface area contributed by atoms with Gasteiger partial charge < -0.3 is 14.7 Å². The van der Waals surface area contributed by atoms with Crippen molar-refractivity contribution in [2.45, 2.75) is 88.9 Å². The Bertz CT molecular complexity index is 367. The number of hydrogen-bond acceptors (Lipinski definition) is 3. The second-order valence-electron chi connectivity index (χ2n) is 7.38. The van der Waals surface area contributed by atoms with Gasteiger partial charge in [0.2, 0.25) is 5.91 Å². The van der Waals surface area contributed by atoms with Crippen LogP contribution in [0.4, 0.5) is 0 Å². The number of hydrogen-bond donors (Lipinski definition) is 1. The van der Waals surface area contributed by atoms with Gasteiger partial charge in [0.25, 0.3) is 0 Å². The lowest BCUT2D eigenvalue weighted by atomic mass is 9.80. The Hall–Kier alpha value is -0.610. The zero-order valence-electron chi connectivity index (χ0n) is 13.7. The summed E-state index contributed by atoms with van der Waals surface area (Å²) >= 11 is 0. The highest BCUT2D eigenvalue weighted by atomic mass is 16.5. The van der Waals surface area contributed by atoms with Crippen molar-refractivity contribution in [2.24, 2.45) is 5.92 Å². The molecule has 3 rings (SSSR count). The Morgan fingerprint density at radius 2 is 1.68 bits per heavy atom. The maximum atomic E-state index is 12.6. The van der Waals surface area contributed by atoms with E-state index in [0.717, 1.165) is 51.5 Å². The predicted molar refractivity (Wildman–Crippen MR) is 85.5 cm³/mol. The van der Waals surface area contributed by atoms with Crippen molar-refractivity contribution in [3.63, 3.8) is 0 Å². The van der Waals surface area contributed by atoms with E-state index in [0.29, 0.717) is 6.10 Å². The number of ether oxygens (including phenoxy) is 1. The van der Waals surface area contributed by atoms with Crippen LogP contribution in [0.2, 0.25) is 0 Å². The van der Waals surface area contributed by atoms with Gasteiger partial charge in [0.1, 0.15) is 6.61 Å². The lowest BCUT2D eigenvalue weighted by molar-refractivity contribution is -0.141. The summed E-state index contributed by atoms with van der Waals surface area (Å²) in [6, 6.07) is 0.248.